The molecule has 18 heavy (non-hydrogen) atoms. The first-order chi connectivity index (χ1) is 7.89. The summed E-state index contributed by atoms with van der Waals surface area (Å²) in [4.78, 5) is 36.0. The molecule has 2 N–H and O–H groups in total. The van der Waals surface area contributed by atoms with Gasteiger partial charge >= 0.3 is 6.09 Å². The van der Waals surface area contributed by atoms with E-state index in [0.29, 0.717) is 6.29 Å². The molecule has 0 saturated heterocycles. The van der Waals surface area contributed by atoms with Gasteiger partial charge in [0.05, 0.1) is 0 Å². The minimum Gasteiger partial charge on any atom is -0.443 e. The molecule has 0 aliphatic rings. The van der Waals surface area contributed by atoms with Crippen molar-refractivity contribution >= 4 is 24.1 Å². The summed E-state index contributed by atoms with van der Waals surface area (Å²) in [5, 5.41) is 0. The van der Waals surface area contributed by atoms with Crippen LogP contribution in [0.4, 0.5) is 10.5 Å². The predicted molar refractivity (Wildman–Crippen MR) is 62.8 cm³/mol. The molecule has 1 aromatic rings. The predicted octanol–water partition coefficient (Wildman–Crippen LogP) is 1.23. The first kappa shape index (κ1) is 15.8. The number of isocyanates is 1. The lowest BCUT2D eigenvalue weighted by Gasteiger charge is -2.19. The maximum Gasteiger partial charge on any atom is 0.419 e. The van der Waals surface area contributed by atoms with Gasteiger partial charge in [-0.2, -0.15) is 4.99 Å². The number of carbonyl (C=O) groups excluding carboxylic acids is 3. The Hall–Kier alpha value is -2.24. The maximum absolute atomic E-state index is 11.7. The lowest BCUT2D eigenvalue weighted by atomic mass is 10.2. The minimum atomic E-state index is -0.702. The Kier molecular flexibility index (Phi) is 5.17. The van der Waals surface area contributed by atoms with Gasteiger partial charge in [0.1, 0.15) is 17.0 Å². The Balaban J connectivity index is 0.00000289. The molecular formula is C11H14N2O5. The SMILES string of the molecule is CC(C)(C)OC(=O)n1ccc(N=C=O)c1C=O.O. The van der Waals surface area contributed by atoms with E-state index in [4.69, 9.17) is 4.74 Å². The Morgan fingerprint density at radius 3 is 2.56 bits per heavy atom. The second kappa shape index (κ2) is 5.90. The van der Waals surface area contributed by atoms with Crippen molar-refractivity contribution in [2.24, 2.45) is 4.99 Å². The number of ether oxygens (including phenoxy) is 1. The molecule has 1 heterocycles. The molecule has 1 rings (SSSR count). The Labute approximate surface area is 103 Å². The van der Waals surface area contributed by atoms with E-state index in [1.807, 2.05) is 0 Å². The lowest BCUT2D eigenvalue weighted by Crippen LogP contribution is -2.27. The van der Waals surface area contributed by atoms with Crippen molar-refractivity contribution in [3.8, 4) is 0 Å². The van der Waals surface area contributed by atoms with Crippen molar-refractivity contribution in [3.63, 3.8) is 0 Å². The second-order valence-corrected chi connectivity index (χ2v) is 4.26. The summed E-state index contributed by atoms with van der Waals surface area (Å²) in [6.07, 6.45) is 2.35. The number of aldehydes is 1. The van der Waals surface area contributed by atoms with Crippen LogP contribution in [0.15, 0.2) is 17.3 Å². The van der Waals surface area contributed by atoms with Crippen LogP contribution in [0.25, 0.3) is 0 Å². The molecule has 0 atom stereocenters. The Morgan fingerprint density at radius 2 is 2.11 bits per heavy atom. The third kappa shape index (κ3) is 3.65. The first-order valence-electron chi connectivity index (χ1n) is 4.87. The maximum atomic E-state index is 11.7. The molecule has 7 heteroatoms. The topological polar surface area (TPSA) is 109 Å². The molecule has 0 spiro atoms. The fraction of sp³-hybridized carbons (Fsp3) is 0.364. The third-order valence-electron chi connectivity index (χ3n) is 1.77. The molecule has 0 unspecified atom stereocenters. The van der Waals surface area contributed by atoms with Gasteiger partial charge in [0, 0.05) is 6.20 Å². The highest BCUT2D eigenvalue weighted by Crippen LogP contribution is 2.19. The van der Waals surface area contributed by atoms with E-state index in [2.05, 4.69) is 4.99 Å². The van der Waals surface area contributed by atoms with Crippen LogP contribution in [0.3, 0.4) is 0 Å². The fourth-order valence-electron chi connectivity index (χ4n) is 1.17. The van der Waals surface area contributed by atoms with Gasteiger partial charge < -0.3 is 10.2 Å². The second-order valence-electron chi connectivity index (χ2n) is 4.26. The van der Waals surface area contributed by atoms with Gasteiger partial charge in [-0.15, -0.1) is 0 Å². The molecule has 0 amide bonds. The number of nitrogens with zero attached hydrogens (tertiary/aromatic N) is 2. The number of rotatable bonds is 2. The lowest BCUT2D eigenvalue weighted by molar-refractivity contribution is 0.0531. The largest absolute Gasteiger partial charge is 0.443 e. The zero-order valence-electron chi connectivity index (χ0n) is 10.3. The van der Waals surface area contributed by atoms with Crippen LogP contribution in [-0.4, -0.2) is 34.1 Å². The van der Waals surface area contributed by atoms with Crippen molar-refractivity contribution in [3.05, 3.63) is 18.0 Å². The van der Waals surface area contributed by atoms with Crippen molar-refractivity contribution in [1.29, 1.82) is 0 Å². The minimum absolute atomic E-state index is 0. The van der Waals surface area contributed by atoms with E-state index < -0.39 is 11.7 Å². The standard InChI is InChI=1S/C11H12N2O4.H2O/c1-11(2,3)17-10(16)13-5-4-8(12-7-15)9(13)6-14;/h4-6H,1-3H3;1H2. The molecule has 0 bridgehead atoms. The Bertz CT molecular complexity index is 492. The van der Waals surface area contributed by atoms with Gasteiger partial charge in [-0.25, -0.2) is 14.2 Å². The highest BCUT2D eigenvalue weighted by Gasteiger charge is 2.20. The summed E-state index contributed by atoms with van der Waals surface area (Å²) in [7, 11) is 0. The average molecular weight is 254 g/mol. The van der Waals surface area contributed by atoms with Crippen LogP contribution in [0.1, 0.15) is 31.3 Å². The molecule has 0 radical (unpaired) electrons. The van der Waals surface area contributed by atoms with Crippen LogP contribution < -0.4 is 0 Å². The van der Waals surface area contributed by atoms with E-state index in [1.165, 1.54) is 18.3 Å². The van der Waals surface area contributed by atoms with Gasteiger partial charge in [0.15, 0.2) is 6.29 Å². The smallest absolute Gasteiger partial charge is 0.419 e. The van der Waals surface area contributed by atoms with Gasteiger partial charge in [0.2, 0.25) is 6.08 Å². The number of aliphatic imine (C=N–C) groups is 1. The summed E-state index contributed by atoms with van der Waals surface area (Å²) < 4.78 is 6.08. The van der Waals surface area contributed by atoms with Gasteiger partial charge in [0.25, 0.3) is 0 Å². The molecular weight excluding hydrogens is 240 g/mol. The van der Waals surface area contributed by atoms with Gasteiger partial charge in [-0.05, 0) is 26.8 Å². The van der Waals surface area contributed by atoms with Crippen LogP contribution in [0.2, 0.25) is 0 Å². The summed E-state index contributed by atoms with van der Waals surface area (Å²) in [6, 6.07) is 1.36. The molecule has 1 aromatic heterocycles. The van der Waals surface area contributed by atoms with Crippen LogP contribution >= 0.6 is 0 Å². The third-order valence-corrected chi connectivity index (χ3v) is 1.77. The summed E-state index contributed by atoms with van der Waals surface area (Å²) in [5.41, 5.74) is -0.626. The highest BCUT2D eigenvalue weighted by molar-refractivity contribution is 5.88. The first-order valence-corrected chi connectivity index (χ1v) is 4.87. The molecule has 0 saturated carbocycles. The zero-order valence-corrected chi connectivity index (χ0v) is 10.3. The number of carbonyl (C=O) groups is 2. The van der Waals surface area contributed by atoms with Crippen LogP contribution in [-0.2, 0) is 9.53 Å². The number of aromatic nitrogens is 1. The average Bonchev–Trinajstić information content (AvgIpc) is 2.58. The highest BCUT2D eigenvalue weighted by atomic mass is 16.6. The van der Waals surface area contributed by atoms with Crippen LogP contribution in [0, 0.1) is 0 Å². The van der Waals surface area contributed by atoms with E-state index in [-0.39, 0.29) is 16.9 Å². The van der Waals surface area contributed by atoms with Crippen molar-refractivity contribution < 1.29 is 24.6 Å². The van der Waals surface area contributed by atoms with Crippen LogP contribution in [0.5, 0.6) is 0 Å². The molecule has 0 aromatic carbocycles. The van der Waals surface area contributed by atoms with E-state index in [0.717, 1.165) is 4.57 Å². The van der Waals surface area contributed by atoms with E-state index in [9.17, 15) is 14.4 Å². The summed E-state index contributed by atoms with van der Waals surface area (Å²) >= 11 is 0. The van der Waals surface area contributed by atoms with Crippen molar-refractivity contribution in [2.45, 2.75) is 26.4 Å². The Morgan fingerprint density at radius 1 is 1.50 bits per heavy atom. The molecule has 98 valence electrons. The van der Waals surface area contributed by atoms with E-state index in [1.54, 1.807) is 20.8 Å². The molecule has 0 aliphatic carbocycles. The fourth-order valence-corrected chi connectivity index (χ4v) is 1.17. The van der Waals surface area contributed by atoms with Crippen molar-refractivity contribution in [1.82, 2.24) is 4.57 Å². The summed E-state index contributed by atoms with van der Waals surface area (Å²) in [6.45, 7) is 5.12. The van der Waals surface area contributed by atoms with Crippen molar-refractivity contribution in [2.75, 3.05) is 0 Å². The quantitative estimate of drug-likeness (QED) is 0.449. The normalized spacial score (nSPS) is 9.94. The molecule has 7 nitrogen and oxygen atoms in total. The summed E-state index contributed by atoms with van der Waals surface area (Å²) in [5.74, 6) is 0. The van der Waals surface area contributed by atoms with Gasteiger partial charge in [-0.3, -0.25) is 4.79 Å². The zero-order chi connectivity index (χ0) is 13.1. The van der Waals surface area contributed by atoms with Gasteiger partial charge in [-0.1, -0.05) is 0 Å². The number of hydrogen-bond acceptors (Lipinski definition) is 5. The molecule has 0 aliphatic heterocycles. The number of hydrogen-bond donors (Lipinski definition) is 0. The molecule has 0 fully saturated rings. The monoisotopic (exact) mass is 254 g/mol. The van der Waals surface area contributed by atoms with E-state index >= 15 is 0 Å².